The van der Waals surface area contributed by atoms with Gasteiger partial charge in [-0.3, -0.25) is 0 Å². The minimum Gasteiger partial charge on any atom is -0.506 e. The third-order valence-electron chi connectivity index (χ3n) is 3.55. The van der Waals surface area contributed by atoms with E-state index in [9.17, 15) is 18.3 Å². The van der Waals surface area contributed by atoms with E-state index in [1.54, 1.807) is 12.1 Å². The van der Waals surface area contributed by atoms with Gasteiger partial charge >= 0.3 is 6.18 Å². The van der Waals surface area contributed by atoms with E-state index >= 15 is 0 Å². The molecule has 0 amide bonds. The van der Waals surface area contributed by atoms with Gasteiger partial charge in [-0.2, -0.15) is 13.2 Å². The van der Waals surface area contributed by atoms with E-state index in [1.165, 1.54) is 0 Å². The molecular weight excluding hydrogens is 315 g/mol. The zero-order valence-corrected chi connectivity index (χ0v) is 12.4. The molecular formula is C14H14F3N3OS. The quantitative estimate of drug-likeness (QED) is 0.918. The monoisotopic (exact) mass is 329 g/mol. The van der Waals surface area contributed by atoms with Crippen LogP contribution in [0.4, 0.5) is 24.0 Å². The van der Waals surface area contributed by atoms with E-state index in [0.717, 1.165) is 11.9 Å². The summed E-state index contributed by atoms with van der Waals surface area (Å²) in [6, 6.07) is 7.05. The van der Waals surface area contributed by atoms with Crippen LogP contribution in [0.3, 0.4) is 0 Å². The molecule has 1 aliphatic rings. The molecule has 1 aromatic heterocycles. The number of aromatic hydroxyl groups is 1. The maximum atomic E-state index is 12.6. The third kappa shape index (κ3) is 2.96. The minimum absolute atomic E-state index is 0.213. The number of rotatable bonds is 2. The average Bonchev–Trinajstić information content (AvgIpc) is 2.98. The molecule has 22 heavy (non-hydrogen) atoms. The zero-order chi connectivity index (χ0) is 15.7. The lowest BCUT2D eigenvalue weighted by Gasteiger charge is -2.36. The van der Waals surface area contributed by atoms with Crippen molar-refractivity contribution in [2.75, 3.05) is 36.0 Å². The Bertz CT molecular complexity index is 651. The normalized spacial score (nSPS) is 16.1. The van der Waals surface area contributed by atoms with Gasteiger partial charge < -0.3 is 14.9 Å². The van der Waals surface area contributed by atoms with Crippen molar-refractivity contribution in [3.63, 3.8) is 0 Å². The predicted molar refractivity (Wildman–Crippen MR) is 79.6 cm³/mol. The molecule has 0 saturated carbocycles. The lowest BCUT2D eigenvalue weighted by atomic mass is 10.2. The van der Waals surface area contributed by atoms with E-state index in [2.05, 4.69) is 4.98 Å². The predicted octanol–water partition coefficient (Wildman–Crippen LogP) is 3.19. The number of hydrogen-bond acceptors (Lipinski definition) is 5. The number of piperazine rings is 1. The third-order valence-corrected chi connectivity index (χ3v) is 4.65. The Balaban J connectivity index is 1.67. The molecule has 0 unspecified atom stereocenters. The number of thiazole rings is 1. The molecule has 1 fully saturated rings. The summed E-state index contributed by atoms with van der Waals surface area (Å²) in [6.45, 7) is 2.38. The first-order valence-corrected chi connectivity index (χ1v) is 7.58. The summed E-state index contributed by atoms with van der Waals surface area (Å²) in [4.78, 5) is 7.06. The molecule has 8 heteroatoms. The van der Waals surface area contributed by atoms with Gasteiger partial charge in [-0.25, -0.2) is 4.98 Å². The summed E-state index contributed by atoms with van der Waals surface area (Å²) in [5.41, 5.74) is 0.747. The van der Waals surface area contributed by atoms with Crippen LogP contribution in [0, 0.1) is 0 Å². The molecule has 2 aromatic rings. The van der Waals surface area contributed by atoms with E-state index in [-0.39, 0.29) is 5.75 Å². The zero-order valence-electron chi connectivity index (χ0n) is 11.5. The summed E-state index contributed by atoms with van der Waals surface area (Å²) in [5.74, 6) is 0.213. The number of phenolic OH excluding ortho intramolecular Hbond substituents is 1. The van der Waals surface area contributed by atoms with Crippen LogP contribution >= 0.6 is 11.3 Å². The highest BCUT2D eigenvalue weighted by Gasteiger charge is 2.34. The van der Waals surface area contributed by atoms with Crippen LogP contribution < -0.4 is 9.80 Å². The lowest BCUT2D eigenvalue weighted by molar-refractivity contribution is -0.134. The van der Waals surface area contributed by atoms with Gasteiger partial charge in [-0.1, -0.05) is 23.5 Å². The molecule has 4 nitrogen and oxygen atoms in total. The summed E-state index contributed by atoms with van der Waals surface area (Å²) in [7, 11) is 0. The first-order valence-electron chi connectivity index (χ1n) is 6.76. The van der Waals surface area contributed by atoms with Crippen molar-refractivity contribution in [3.8, 4) is 5.75 Å². The van der Waals surface area contributed by atoms with Crippen LogP contribution in [0.5, 0.6) is 5.75 Å². The smallest absolute Gasteiger partial charge is 0.427 e. The Morgan fingerprint density at radius 1 is 1.05 bits per heavy atom. The van der Waals surface area contributed by atoms with Crippen molar-refractivity contribution in [2.45, 2.75) is 6.18 Å². The Hall–Kier alpha value is -1.96. The highest BCUT2D eigenvalue weighted by atomic mass is 32.1. The standard InChI is InChI=1S/C14H14F3N3OS/c15-14(16,17)12-9-18-13(22-12)20-7-5-19(6-8-20)10-3-1-2-4-11(10)21/h1-4,9,21H,5-8H2. The van der Waals surface area contributed by atoms with Gasteiger partial charge in [0.05, 0.1) is 11.9 Å². The van der Waals surface area contributed by atoms with Gasteiger partial charge in [-0.05, 0) is 12.1 Å². The van der Waals surface area contributed by atoms with Gasteiger partial charge in [0.15, 0.2) is 5.13 Å². The van der Waals surface area contributed by atoms with Gasteiger partial charge in [0.25, 0.3) is 0 Å². The summed E-state index contributed by atoms with van der Waals surface area (Å²) in [5, 5.41) is 10.2. The maximum absolute atomic E-state index is 12.6. The number of anilines is 2. The molecule has 1 aliphatic heterocycles. The number of aromatic nitrogens is 1. The van der Waals surface area contributed by atoms with Crippen molar-refractivity contribution in [2.24, 2.45) is 0 Å². The van der Waals surface area contributed by atoms with Crippen molar-refractivity contribution >= 4 is 22.2 Å². The number of benzene rings is 1. The maximum Gasteiger partial charge on any atom is 0.427 e. The van der Waals surface area contributed by atoms with Crippen molar-refractivity contribution in [3.05, 3.63) is 35.3 Å². The number of phenols is 1. The highest BCUT2D eigenvalue weighted by molar-refractivity contribution is 7.15. The Labute approximate surface area is 129 Å². The molecule has 0 aliphatic carbocycles. The van der Waals surface area contributed by atoms with Crippen LogP contribution in [0.1, 0.15) is 4.88 Å². The van der Waals surface area contributed by atoms with Gasteiger partial charge in [-0.15, -0.1) is 0 Å². The largest absolute Gasteiger partial charge is 0.506 e. The summed E-state index contributed by atoms with van der Waals surface area (Å²) >= 11 is 0.668. The van der Waals surface area contributed by atoms with Gasteiger partial charge in [0, 0.05) is 26.2 Å². The highest BCUT2D eigenvalue weighted by Crippen LogP contribution is 2.37. The Morgan fingerprint density at radius 2 is 1.68 bits per heavy atom. The molecule has 1 saturated heterocycles. The molecule has 0 bridgehead atoms. The summed E-state index contributed by atoms with van der Waals surface area (Å²) < 4.78 is 37.8. The average molecular weight is 329 g/mol. The van der Waals surface area contributed by atoms with E-state index in [4.69, 9.17) is 0 Å². The number of hydrogen-bond donors (Lipinski definition) is 1. The molecule has 1 aromatic carbocycles. The number of para-hydroxylation sites is 2. The molecule has 2 heterocycles. The van der Waals surface area contributed by atoms with Crippen molar-refractivity contribution < 1.29 is 18.3 Å². The van der Waals surface area contributed by atoms with Crippen LogP contribution in [0.2, 0.25) is 0 Å². The number of alkyl halides is 3. The SMILES string of the molecule is Oc1ccccc1N1CCN(c2ncc(C(F)(F)F)s2)CC1. The van der Waals surface area contributed by atoms with Gasteiger partial charge in [0.2, 0.25) is 0 Å². The number of nitrogens with zero attached hydrogens (tertiary/aromatic N) is 3. The van der Waals surface area contributed by atoms with Crippen molar-refractivity contribution in [1.82, 2.24) is 4.98 Å². The summed E-state index contributed by atoms with van der Waals surface area (Å²) in [6.07, 6.45) is -3.46. The molecule has 0 spiro atoms. The van der Waals surface area contributed by atoms with Crippen LogP contribution in [-0.2, 0) is 6.18 Å². The second kappa shape index (κ2) is 5.68. The van der Waals surface area contributed by atoms with Gasteiger partial charge in [0.1, 0.15) is 10.6 Å². The van der Waals surface area contributed by atoms with E-state index in [0.29, 0.717) is 42.6 Å². The first kappa shape index (κ1) is 15.0. The second-order valence-electron chi connectivity index (χ2n) is 4.97. The fourth-order valence-electron chi connectivity index (χ4n) is 2.41. The molecule has 118 valence electrons. The Kier molecular flexibility index (Phi) is 3.86. The first-order chi connectivity index (χ1) is 10.4. The van der Waals surface area contributed by atoms with Crippen LogP contribution in [0.25, 0.3) is 0 Å². The van der Waals surface area contributed by atoms with E-state index in [1.807, 2.05) is 21.9 Å². The molecule has 0 radical (unpaired) electrons. The Morgan fingerprint density at radius 3 is 2.27 bits per heavy atom. The molecule has 1 N–H and O–H groups in total. The van der Waals surface area contributed by atoms with Crippen molar-refractivity contribution in [1.29, 1.82) is 0 Å². The molecule has 3 rings (SSSR count). The topological polar surface area (TPSA) is 39.6 Å². The van der Waals surface area contributed by atoms with Crippen LogP contribution in [0.15, 0.2) is 30.5 Å². The fourth-order valence-corrected chi connectivity index (χ4v) is 3.25. The van der Waals surface area contributed by atoms with E-state index < -0.39 is 11.1 Å². The molecule has 0 atom stereocenters. The lowest BCUT2D eigenvalue weighted by Crippen LogP contribution is -2.46. The number of halogens is 3. The minimum atomic E-state index is -4.34. The van der Waals surface area contributed by atoms with Crippen LogP contribution in [-0.4, -0.2) is 36.3 Å². The second-order valence-corrected chi connectivity index (χ2v) is 5.98. The fraction of sp³-hybridized carbons (Fsp3) is 0.357.